The van der Waals surface area contributed by atoms with E-state index in [2.05, 4.69) is 12.2 Å². The molecule has 0 aliphatic carbocycles. The van der Waals surface area contributed by atoms with Crippen LogP contribution in [0.1, 0.15) is 25.3 Å². The number of ether oxygens (including phenoxy) is 2. The van der Waals surface area contributed by atoms with E-state index >= 15 is 0 Å². The van der Waals surface area contributed by atoms with Crippen molar-refractivity contribution in [3.05, 3.63) is 59.1 Å². The lowest BCUT2D eigenvalue weighted by Crippen LogP contribution is -2.09. The van der Waals surface area contributed by atoms with Gasteiger partial charge >= 0.3 is 0 Å². The number of carbonyl (C=O) groups excluding carboxylic acids is 1. The van der Waals surface area contributed by atoms with Crippen LogP contribution in [0.4, 0.5) is 5.69 Å². The molecular formula is C20H22ClNO3. The highest BCUT2D eigenvalue weighted by Crippen LogP contribution is 2.27. The van der Waals surface area contributed by atoms with Crippen molar-refractivity contribution in [2.24, 2.45) is 0 Å². The second-order valence-corrected chi connectivity index (χ2v) is 5.84. The number of amides is 1. The SMILES string of the molecule is CCCCOc1ccccc1C=CC(=O)Nc1cc(Cl)ccc1OC. The quantitative estimate of drug-likeness (QED) is 0.522. The van der Waals surface area contributed by atoms with Gasteiger partial charge in [-0.25, -0.2) is 0 Å². The molecule has 1 N–H and O–H groups in total. The first-order valence-electron chi connectivity index (χ1n) is 8.18. The summed E-state index contributed by atoms with van der Waals surface area (Å²) in [6.45, 7) is 2.77. The number of para-hydroxylation sites is 1. The molecule has 0 fully saturated rings. The first-order chi connectivity index (χ1) is 12.1. The normalized spacial score (nSPS) is 10.7. The third-order valence-corrected chi connectivity index (χ3v) is 3.74. The van der Waals surface area contributed by atoms with E-state index in [9.17, 15) is 4.79 Å². The zero-order chi connectivity index (χ0) is 18.1. The Kier molecular flexibility index (Phi) is 7.36. The number of hydrogen-bond donors (Lipinski definition) is 1. The molecule has 0 atom stereocenters. The van der Waals surface area contributed by atoms with Gasteiger partial charge in [0.05, 0.1) is 19.4 Å². The van der Waals surface area contributed by atoms with Crippen LogP contribution in [0.25, 0.3) is 6.08 Å². The van der Waals surface area contributed by atoms with Crippen molar-refractivity contribution in [2.75, 3.05) is 19.0 Å². The molecule has 0 aliphatic heterocycles. The van der Waals surface area contributed by atoms with Gasteiger partial charge in [0.1, 0.15) is 11.5 Å². The van der Waals surface area contributed by atoms with E-state index in [1.807, 2.05) is 24.3 Å². The third-order valence-electron chi connectivity index (χ3n) is 3.51. The lowest BCUT2D eigenvalue weighted by molar-refractivity contribution is -0.111. The average molecular weight is 360 g/mol. The largest absolute Gasteiger partial charge is 0.495 e. The first-order valence-corrected chi connectivity index (χ1v) is 8.56. The fourth-order valence-corrected chi connectivity index (χ4v) is 2.37. The number of methoxy groups -OCH3 is 1. The maximum Gasteiger partial charge on any atom is 0.248 e. The molecule has 4 nitrogen and oxygen atoms in total. The second-order valence-electron chi connectivity index (χ2n) is 5.41. The van der Waals surface area contributed by atoms with E-state index in [1.54, 1.807) is 31.4 Å². The van der Waals surface area contributed by atoms with Crippen LogP contribution in [-0.4, -0.2) is 19.6 Å². The van der Waals surface area contributed by atoms with Gasteiger partial charge in [0.15, 0.2) is 0 Å². The number of halogens is 1. The maximum absolute atomic E-state index is 12.2. The maximum atomic E-state index is 12.2. The van der Waals surface area contributed by atoms with Crippen molar-refractivity contribution in [1.82, 2.24) is 0 Å². The van der Waals surface area contributed by atoms with Crippen LogP contribution in [0.15, 0.2) is 48.5 Å². The summed E-state index contributed by atoms with van der Waals surface area (Å²) < 4.78 is 11.0. The first kappa shape index (κ1) is 18.9. The Bertz CT molecular complexity index is 743. The minimum absolute atomic E-state index is 0.274. The average Bonchev–Trinajstić information content (AvgIpc) is 2.61. The Morgan fingerprint density at radius 1 is 1.20 bits per heavy atom. The Labute approximate surface area is 153 Å². The lowest BCUT2D eigenvalue weighted by Gasteiger charge is -2.10. The summed E-state index contributed by atoms with van der Waals surface area (Å²) in [6.07, 6.45) is 5.25. The van der Waals surface area contributed by atoms with E-state index in [1.165, 1.54) is 6.08 Å². The number of rotatable bonds is 8. The molecule has 0 bridgehead atoms. The Morgan fingerprint density at radius 2 is 2.00 bits per heavy atom. The van der Waals surface area contributed by atoms with Crippen LogP contribution in [-0.2, 0) is 4.79 Å². The molecule has 0 saturated carbocycles. The molecule has 0 unspecified atom stereocenters. The lowest BCUT2D eigenvalue weighted by atomic mass is 10.2. The fourth-order valence-electron chi connectivity index (χ4n) is 2.19. The molecule has 2 rings (SSSR count). The summed E-state index contributed by atoms with van der Waals surface area (Å²) in [5.41, 5.74) is 1.38. The highest BCUT2D eigenvalue weighted by atomic mass is 35.5. The molecule has 2 aromatic rings. The molecule has 132 valence electrons. The zero-order valence-corrected chi connectivity index (χ0v) is 15.2. The van der Waals surface area contributed by atoms with Gasteiger partial charge in [0.2, 0.25) is 5.91 Å². The minimum atomic E-state index is -0.274. The number of anilines is 1. The predicted octanol–water partition coefficient (Wildman–Crippen LogP) is 5.18. The summed E-state index contributed by atoms with van der Waals surface area (Å²) >= 11 is 5.97. The van der Waals surface area contributed by atoms with Gasteiger partial charge in [0.25, 0.3) is 0 Å². The van der Waals surface area contributed by atoms with Crippen LogP contribution in [0.2, 0.25) is 5.02 Å². The number of carbonyl (C=O) groups is 1. The van der Waals surface area contributed by atoms with Crippen LogP contribution in [0.5, 0.6) is 11.5 Å². The smallest absolute Gasteiger partial charge is 0.248 e. The van der Waals surface area contributed by atoms with Gasteiger partial charge in [-0.15, -0.1) is 0 Å². The molecule has 0 saturated heterocycles. The summed E-state index contributed by atoms with van der Waals surface area (Å²) in [6, 6.07) is 12.7. The molecule has 0 spiro atoms. The van der Waals surface area contributed by atoms with Crippen molar-refractivity contribution in [3.8, 4) is 11.5 Å². The molecule has 25 heavy (non-hydrogen) atoms. The van der Waals surface area contributed by atoms with E-state index in [0.29, 0.717) is 23.1 Å². The van der Waals surface area contributed by atoms with Gasteiger partial charge in [0, 0.05) is 16.7 Å². The highest BCUT2D eigenvalue weighted by Gasteiger charge is 2.07. The standard InChI is InChI=1S/C20H22ClNO3/c1-3-4-13-25-18-8-6-5-7-15(18)9-12-20(23)22-17-14-16(21)10-11-19(17)24-2/h5-12,14H,3-4,13H2,1-2H3,(H,22,23). The molecule has 2 aromatic carbocycles. The topological polar surface area (TPSA) is 47.6 Å². The summed E-state index contributed by atoms with van der Waals surface area (Å²) in [7, 11) is 1.54. The molecule has 1 amide bonds. The molecule has 0 aromatic heterocycles. The number of hydrogen-bond acceptors (Lipinski definition) is 3. The molecule has 5 heteroatoms. The van der Waals surface area contributed by atoms with Gasteiger partial charge < -0.3 is 14.8 Å². The van der Waals surface area contributed by atoms with Gasteiger partial charge in [-0.2, -0.15) is 0 Å². The second kappa shape index (κ2) is 9.74. The number of nitrogens with one attached hydrogen (secondary N) is 1. The van der Waals surface area contributed by atoms with E-state index in [4.69, 9.17) is 21.1 Å². The molecule has 0 radical (unpaired) electrons. The predicted molar refractivity (Wildman–Crippen MR) is 103 cm³/mol. The summed E-state index contributed by atoms with van der Waals surface area (Å²) in [4.78, 5) is 12.2. The van der Waals surface area contributed by atoms with Crippen molar-refractivity contribution in [1.29, 1.82) is 0 Å². The molecule has 0 aliphatic rings. The van der Waals surface area contributed by atoms with Gasteiger partial charge in [-0.1, -0.05) is 43.1 Å². The Morgan fingerprint density at radius 3 is 2.76 bits per heavy atom. The fraction of sp³-hybridized carbons (Fsp3) is 0.250. The van der Waals surface area contributed by atoms with Crippen molar-refractivity contribution in [2.45, 2.75) is 19.8 Å². The van der Waals surface area contributed by atoms with Crippen LogP contribution in [0.3, 0.4) is 0 Å². The monoisotopic (exact) mass is 359 g/mol. The Hall–Kier alpha value is -2.46. The third kappa shape index (κ3) is 5.84. The zero-order valence-electron chi connectivity index (χ0n) is 14.4. The van der Waals surface area contributed by atoms with E-state index < -0.39 is 0 Å². The van der Waals surface area contributed by atoms with E-state index in [-0.39, 0.29) is 5.91 Å². The van der Waals surface area contributed by atoms with Crippen molar-refractivity contribution < 1.29 is 14.3 Å². The van der Waals surface area contributed by atoms with Crippen LogP contribution < -0.4 is 14.8 Å². The molecular weight excluding hydrogens is 338 g/mol. The van der Waals surface area contributed by atoms with Gasteiger partial charge in [-0.05, 0) is 36.8 Å². The summed E-state index contributed by atoms with van der Waals surface area (Å²) in [5.74, 6) is 1.04. The molecule has 0 heterocycles. The minimum Gasteiger partial charge on any atom is -0.495 e. The summed E-state index contributed by atoms with van der Waals surface area (Å²) in [5, 5.41) is 3.29. The number of unbranched alkanes of at least 4 members (excludes halogenated alkanes) is 1. The van der Waals surface area contributed by atoms with Crippen molar-refractivity contribution in [3.63, 3.8) is 0 Å². The van der Waals surface area contributed by atoms with E-state index in [0.717, 1.165) is 24.2 Å². The number of benzene rings is 2. The van der Waals surface area contributed by atoms with Crippen LogP contribution in [0, 0.1) is 0 Å². The Balaban J connectivity index is 2.07. The highest BCUT2D eigenvalue weighted by molar-refractivity contribution is 6.31. The van der Waals surface area contributed by atoms with Gasteiger partial charge in [-0.3, -0.25) is 4.79 Å². The van der Waals surface area contributed by atoms with Crippen molar-refractivity contribution >= 4 is 29.3 Å². The van der Waals surface area contributed by atoms with Crippen LogP contribution >= 0.6 is 11.6 Å².